The molecule has 0 amide bonds. The van der Waals surface area contributed by atoms with E-state index in [2.05, 4.69) is 20.8 Å². The van der Waals surface area contributed by atoms with Gasteiger partial charge in [-0.2, -0.15) is 11.8 Å². The number of tetrazole rings is 1. The van der Waals surface area contributed by atoms with Crippen molar-refractivity contribution in [1.29, 1.82) is 0 Å². The Morgan fingerprint density at radius 1 is 1.06 bits per heavy atom. The molecule has 3 aromatic rings. The van der Waals surface area contributed by atoms with Gasteiger partial charge in [0.15, 0.2) is 29.1 Å². The lowest BCUT2D eigenvalue weighted by Crippen LogP contribution is -2.29. The molecular weight excluding hydrogens is 449 g/mol. The van der Waals surface area contributed by atoms with Crippen LogP contribution in [0.1, 0.15) is 47.4 Å². The van der Waals surface area contributed by atoms with E-state index in [0.29, 0.717) is 11.6 Å². The molecule has 1 aliphatic heterocycles. The Bertz CT molecular complexity index is 1120. The number of rotatable bonds is 6. The Balaban J connectivity index is 1.74. The molecule has 1 fully saturated rings. The number of aromatic nitrogens is 4. The number of nitrogens with zero attached hydrogens (tertiary/aromatic N) is 4. The lowest BCUT2D eigenvalue weighted by Gasteiger charge is -2.26. The minimum Gasteiger partial charge on any atom is -0.299 e. The van der Waals surface area contributed by atoms with Gasteiger partial charge in [-0.1, -0.05) is 6.07 Å². The average molecular weight is 469 g/mol. The first-order chi connectivity index (χ1) is 15.4. The Kier molecular flexibility index (Phi) is 6.75. The van der Waals surface area contributed by atoms with E-state index in [-0.39, 0.29) is 29.5 Å². The largest absolute Gasteiger partial charge is 0.299 e. The van der Waals surface area contributed by atoms with E-state index < -0.39 is 35.1 Å². The van der Waals surface area contributed by atoms with Crippen molar-refractivity contribution >= 4 is 11.8 Å². The van der Waals surface area contributed by atoms with Gasteiger partial charge in [-0.3, -0.25) is 5.32 Å². The highest BCUT2D eigenvalue weighted by molar-refractivity contribution is 7.99. The second-order valence-corrected chi connectivity index (χ2v) is 8.80. The van der Waals surface area contributed by atoms with E-state index >= 15 is 0 Å². The first kappa shape index (κ1) is 22.7. The van der Waals surface area contributed by atoms with Crippen LogP contribution in [0.25, 0.3) is 0 Å². The lowest BCUT2D eigenvalue weighted by molar-refractivity contribution is 0.382. The molecular formula is C21H20F5N5S. The van der Waals surface area contributed by atoms with Crippen molar-refractivity contribution in [2.45, 2.75) is 38.4 Å². The quantitative estimate of drug-likeness (QED) is 0.422. The van der Waals surface area contributed by atoms with Gasteiger partial charge in [0.1, 0.15) is 5.82 Å². The fourth-order valence-corrected chi connectivity index (χ4v) is 4.88. The number of benzene rings is 2. The SMILES string of the molecule is Cc1c(CNC(c2cc(F)cc(F)c2F)c2nnnn2C2CCSCC2)ccc(F)c1F. The normalized spacial score (nSPS) is 15.8. The van der Waals surface area contributed by atoms with Crippen molar-refractivity contribution in [2.75, 3.05) is 11.5 Å². The molecule has 32 heavy (non-hydrogen) atoms. The molecule has 0 aliphatic carbocycles. The van der Waals surface area contributed by atoms with Gasteiger partial charge in [-0.05, 0) is 65.0 Å². The summed E-state index contributed by atoms with van der Waals surface area (Å²) in [5.74, 6) is -3.52. The minimum absolute atomic E-state index is 0.0430. The molecule has 4 rings (SSSR count). The fraction of sp³-hybridized carbons (Fsp3) is 0.381. The Morgan fingerprint density at radius 2 is 1.81 bits per heavy atom. The number of halogens is 5. The number of nitrogens with one attached hydrogen (secondary N) is 1. The van der Waals surface area contributed by atoms with Crippen LogP contribution >= 0.6 is 11.8 Å². The van der Waals surface area contributed by atoms with Gasteiger partial charge >= 0.3 is 0 Å². The van der Waals surface area contributed by atoms with Crippen LogP contribution in [0, 0.1) is 36.0 Å². The van der Waals surface area contributed by atoms with Crippen LogP contribution in [0.4, 0.5) is 22.0 Å². The molecule has 1 saturated heterocycles. The molecule has 1 aromatic heterocycles. The second-order valence-electron chi connectivity index (χ2n) is 7.58. The molecule has 2 aromatic carbocycles. The number of thioether (sulfide) groups is 1. The summed E-state index contributed by atoms with van der Waals surface area (Å²) < 4.78 is 71.8. The Hall–Kier alpha value is -2.53. The fourth-order valence-electron chi connectivity index (χ4n) is 3.80. The van der Waals surface area contributed by atoms with Gasteiger partial charge in [0.2, 0.25) is 0 Å². The summed E-state index contributed by atoms with van der Waals surface area (Å²) in [4.78, 5) is 0. The van der Waals surface area contributed by atoms with Crippen LogP contribution in [0.2, 0.25) is 0 Å². The third-order valence-corrected chi connectivity index (χ3v) is 6.64. The predicted octanol–water partition coefficient (Wildman–Crippen LogP) is 4.62. The molecule has 1 unspecified atom stereocenters. The minimum atomic E-state index is -1.34. The van der Waals surface area contributed by atoms with Crippen molar-refractivity contribution in [3.8, 4) is 0 Å². The van der Waals surface area contributed by atoms with Crippen molar-refractivity contribution in [3.63, 3.8) is 0 Å². The summed E-state index contributed by atoms with van der Waals surface area (Å²) in [5.41, 5.74) is 0.161. The van der Waals surface area contributed by atoms with Crippen molar-refractivity contribution in [1.82, 2.24) is 25.5 Å². The second kappa shape index (κ2) is 9.53. The van der Waals surface area contributed by atoms with Crippen LogP contribution in [0.15, 0.2) is 24.3 Å². The van der Waals surface area contributed by atoms with Crippen molar-refractivity contribution in [3.05, 3.63) is 75.9 Å². The van der Waals surface area contributed by atoms with Gasteiger partial charge in [-0.15, -0.1) is 5.10 Å². The predicted molar refractivity (Wildman–Crippen MR) is 110 cm³/mol. The summed E-state index contributed by atoms with van der Waals surface area (Å²) in [6.07, 6.45) is 1.58. The first-order valence-electron chi connectivity index (χ1n) is 10.0. The van der Waals surface area contributed by atoms with Gasteiger partial charge in [-0.25, -0.2) is 26.6 Å². The van der Waals surface area contributed by atoms with Crippen LogP contribution in [-0.2, 0) is 6.54 Å². The van der Waals surface area contributed by atoms with Gasteiger partial charge in [0.05, 0.1) is 12.1 Å². The maximum absolute atomic E-state index is 14.7. The van der Waals surface area contributed by atoms with Crippen molar-refractivity contribution in [2.24, 2.45) is 0 Å². The zero-order chi connectivity index (χ0) is 22.8. The molecule has 5 nitrogen and oxygen atoms in total. The molecule has 0 spiro atoms. The van der Waals surface area contributed by atoms with Crippen LogP contribution in [0.5, 0.6) is 0 Å². The molecule has 0 radical (unpaired) electrons. The average Bonchev–Trinajstić information content (AvgIpc) is 3.27. The highest BCUT2D eigenvalue weighted by atomic mass is 32.2. The van der Waals surface area contributed by atoms with Gasteiger partial charge in [0.25, 0.3) is 0 Å². The highest BCUT2D eigenvalue weighted by Crippen LogP contribution is 2.32. The lowest BCUT2D eigenvalue weighted by atomic mass is 10.0. The van der Waals surface area contributed by atoms with E-state index in [1.165, 1.54) is 13.0 Å². The Labute approximate surface area is 185 Å². The van der Waals surface area contributed by atoms with Gasteiger partial charge < -0.3 is 0 Å². The topological polar surface area (TPSA) is 55.6 Å². The standard InChI is InChI=1S/C21H20F5N5S/c1-11-12(2-3-16(23)18(11)25)10-27-20(15-8-13(22)9-17(24)19(15)26)21-28-29-30-31(21)14-4-6-32-7-5-14/h2-3,8-9,14,20,27H,4-7,10H2,1H3. The maximum Gasteiger partial charge on any atom is 0.173 e. The summed E-state index contributed by atoms with van der Waals surface area (Å²) in [5, 5.41) is 14.8. The molecule has 2 heterocycles. The first-order valence-corrected chi connectivity index (χ1v) is 11.2. The summed E-state index contributed by atoms with van der Waals surface area (Å²) in [7, 11) is 0. The monoisotopic (exact) mass is 469 g/mol. The number of hydrogen-bond acceptors (Lipinski definition) is 5. The van der Waals surface area contributed by atoms with Crippen LogP contribution < -0.4 is 5.32 Å². The summed E-state index contributed by atoms with van der Waals surface area (Å²) in [6.45, 7) is 1.37. The maximum atomic E-state index is 14.7. The number of hydrogen-bond donors (Lipinski definition) is 1. The van der Waals surface area contributed by atoms with Crippen molar-refractivity contribution < 1.29 is 22.0 Å². The van der Waals surface area contributed by atoms with E-state index in [0.717, 1.165) is 36.5 Å². The zero-order valence-corrected chi connectivity index (χ0v) is 17.9. The van der Waals surface area contributed by atoms with E-state index in [1.54, 1.807) is 16.4 Å². The third-order valence-electron chi connectivity index (χ3n) is 5.59. The zero-order valence-electron chi connectivity index (χ0n) is 17.1. The molecule has 11 heteroatoms. The third kappa shape index (κ3) is 4.49. The Morgan fingerprint density at radius 3 is 2.56 bits per heavy atom. The smallest absolute Gasteiger partial charge is 0.173 e. The molecule has 170 valence electrons. The summed E-state index contributed by atoms with van der Waals surface area (Å²) >= 11 is 1.80. The molecule has 1 aliphatic rings. The van der Waals surface area contributed by atoms with E-state index in [1.807, 2.05) is 0 Å². The molecule has 0 saturated carbocycles. The molecule has 1 atom stereocenters. The van der Waals surface area contributed by atoms with Gasteiger partial charge in [0, 0.05) is 18.2 Å². The van der Waals surface area contributed by atoms with Crippen LogP contribution in [0.3, 0.4) is 0 Å². The van der Waals surface area contributed by atoms with E-state index in [9.17, 15) is 22.0 Å². The molecule has 0 bridgehead atoms. The van der Waals surface area contributed by atoms with Crippen LogP contribution in [-0.4, -0.2) is 31.7 Å². The summed E-state index contributed by atoms with van der Waals surface area (Å²) in [6, 6.07) is 2.54. The molecule has 1 N–H and O–H groups in total. The van der Waals surface area contributed by atoms with E-state index in [4.69, 9.17) is 0 Å². The highest BCUT2D eigenvalue weighted by Gasteiger charge is 2.30.